The molecule has 0 spiro atoms. The molecule has 0 saturated carbocycles. The molecule has 1 aliphatic rings. The Morgan fingerprint density at radius 1 is 1.17 bits per heavy atom. The molecule has 2 aromatic carbocycles. The van der Waals surface area contributed by atoms with Crippen LogP contribution in [0.3, 0.4) is 0 Å². The van der Waals surface area contributed by atoms with Crippen LogP contribution in [0.1, 0.15) is 17.3 Å². The van der Waals surface area contributed by atoms with Gasteiger partial charge in [0.15, 0.2) is 5.82 Å². The molecular weight excluding hydrogens is 304 g/mol. The molecule has 1 aromatic heterocycles. The smallest absolute Gasteiger partial charge is 0.231 e. The molecule has 2 heterocycles. The molecule has 6 heteroatoms. The number of carbonyl (C=O) groups excluding carboxylic acids is 1. The summed E-state index contributed by atoms with van der Waals surface area (Å²) >= 11 is 0. The summed E-state index contributed by atoms with van der Waals surface area (Å²) in [5, 5.41) is 11.0. The lowest BCUT2D eigenvalue weighted by atomic mass is 10.0. The van der Waals surface area contributed by atoms with Crippen LogP contribution in [0, 0.1) is 0 Å². The van der Waals surface area contributed by atoms with E-state index < -0.39 is 0 Å². The first kappa shape index (κ1) is 14.4. The third kappa shape index (κ3) is 2.62. The largest absolute Gasteiger partial charge is 0.492 e. The minimum Gasteiger partial charge on any atom is -0.492 e. The highest BCUT2D eigenvalue weighted by Gasteiger charge is 2.29. The van der Waals surface area contributed by atoms with E-state index in [1.54, 1.807) is 6.33 Å². The number of hydrogen-bond acceptors (Lipinski definition) is 4. The van der Waals surface area contributed by atoms with E-state index in [4.69, 9.17) is 4.74 Å². The minimum absolute atomic E-state index is 0.0671. The highest BCUT2D eigenvalue weighted by Crippen LogP contribution is 2.33. The number of carbonyl (C=O) groups is 1. The van der Waals surface area contributed by atoms with Gasteiger partial charge in [0.05, 0.1) is 6.54 Å². The van der Waals surface area contributed by atoms with Crippen molar-refractivity contribution in [1.82, 2.24) is 20.1 Å². The number of para-hydroxylation sites is 2. The van der Waals surface area contributed by atoms with E-state index in [0.29, 0.717) is 19.0 Å². The normalized spacial score (nSPS) is 15.6. The van der Waals surface area contributed by atoms with Crippen LogP contribution < -0.4 is 10.1 Å². The van der Waals surface area contributed by atoms with E-state index in [1.807, 2.05) is 59.2 Å². The van der Waals surface area contributed by atoms with Gasteiger partial charge in [0.25, 0.3) is 0 Å². The molecule has 1 aliphatic heterocycles. The van der Waals surface area contributed by atoms with Gasteiger partial charge in [-0.25, -0.2) is 0 Å². The summed E-state index contributed by atoms with van der Waals surface area (Å²) in [7, 11) is 0. The molecule has 0 radical (unpaired) electrons. The number of rotatable bonds is 4. The molecule has 0 fully saturated rings. The van der Waals surface area contributed by atoms with Gasteiger partial charge in [0.1, 0.15) is 24.6 Å². The molecule has 3 aromatic rings. The summed E-state index contributed by atoms with van der Waals surface area (Å²) in [4.78, 5) is 12.5. The zero-order valence-electron chi connectivity index (χ0n) is 12.9. The summed E-state index contributed by atoms with van der Waals surface area (Å²) in [6.07, 6.45) is 1.64. The second-order valence-electron chi connectivity index (χ2n) is 5.57. The minimum atomic E-state index is -0.283. The van der Waals surface area contributed by atoms with Crippen molar-refractivity contribution in [3.8, 4) is 11.4 Å². The number of hydrogen-bond donors (Lipinski definition) is 1. The van der Waals surface area contributed by atoms with Crippen molar-refractivity contribution < 1.29 is 9.53 Å². The number of fused-ring (bicyclic) bond motifs is 1. The standard InChI is InChI=1S/C18H16N4O2/c23-18(15-11-24-16-9-5-4-8-14(15)16)19-10-17-21-20-12-22(17)13-6-2-1-3-7-13/h1-9,12,15H,10-11H2,(H,19,23). The Labute approximate surface area is 139 Å². The van der Waals surface area contributed by atoms with Gasteiger partial charge in [0, 0.05) is 11.3 Å². The first-order valence-electron chi connectivity index (χ1n) is 7.76. The van der Waals surface area contributed by atoms with Gasteiger partial charge in [0.2, 0.25) is 5.91 Å². The van der Waals surface area contributed by atoms with Crippen molar-refractivity contribution in [1.29, 1.82) is 0 Å². The van der Waals surface area contributed by atoms with Crippen LogP contribution in [0.15, 0.2) is 60.9 Å². The van der Waals surface area contributed by atoms with Gasteiger partial charge in [-0.3, -0.25) is 9.36 Å². The van der Waals surface area contributed by atoms with Crippen molar-refractivity contribution in [3.63, 3.8) is 0 Å². The molecule has 0 aliphatic carbocycles. The molecule has 24 heavy (non-hydrogen) atoms. The number of nitrogens with one attached hydrogen (secondary N) is 1. The molecule has 120 valence electrons. The Bertz CT molecular complexity index is 860. The van der Waals surface area contributed by atoms with E-state index in [-0.39, 0.29) is 11.8 Å². The third-order valence-corrected chi connectivity index (χ3v) is 4.09. The zero-order valence-corrected chi connectivity index (χ0v) is 12.9. The first-order chi connectivity index (χ1) is 11.8. The molecule has 0 bridgehead atoms. The molecule has 1 unspecified atom stereocenters. The quantitative estimate of drug-likeness (QED) is 0.799. The number of benzene rings is 2. The number of ether oxygens (including phenoxy) is 1. The van der Waals surface area contributed by atoms with Gasteiger partial charge >= 0.3 is 0 Å². The van der Waals surface area contributed by atoms with E-state index >= 15 is 0 Å². The molecular formula is C18H16N4O2. The molecule has 6 nitrogen and oxygen atoms in total. The Morgan fingerprint density at radius 3 is 2.83 bits per heavy atom. The van der Waals surface area contributed by atoms with Crippen molar-refractivity contribution in [2.45, 2.75) is 12.5 Å². The average Bonchev–Trinajstić information content (AvgIpc) is 3.27. The molecule has 4 rings (SSSR count). The van der Waals surface area contributed by atoms with Crippen molar-refractivity contribution >= 4 is 5.91 Å². The fraction of sp³-hybridized carbons (Fsp3) is 0.167. The van der Waals surface area contributed by atoms with Crippen molar-refractivity contribution in [2.75, 3.05) is 6.61 Å². The first-order valence-corrected chi connectivity index (χ1v) is 7.76. The van der Waals surface area contributed by atoms with Crippen LogP contribution in [0.4, 0.5) is 0 Å². The Balaban J connectivity index is 1.47. The Hall–Kier alpha value is -3.15. The number of aromatic nitrogens is 3. The lowest BCUT2D eigenvalue weighted by molar-refractivity contribution is -0.122. The molecule has 1 atom stereocenters. The highest BCUT2D eigenvalue weighted by molar-refractivity contribution is 5.85. The predicted molar refractivity (Wildman–Crippen MR) is 87.9 cm³/mol. The van der Waals surface area contributed by atoms with E-state index in [9.17, 15) is 4.79 Å². The fourth-order valence-corrected chi connectivity index (χ4v) is 2.85. The predicted octanol–water partition coefficient (Wildman–Crippen LogP) is 2.06. The van der Waals surface area contributed by atoms with Crippen LogP contribution in [0.5, 0.6) is 5.75 Å². The van der Waals surface area contributed by atoms with Crippen LogP contribution in [0.25, 0.3) is 5.69 Å². The second-order valence-corrected chi connectivity index (χ2v) is 5.57. The summed E-state index contributed by atoms with van der Waals surface area (Å²) in [6, 6.07) is 17.4. The van der Waals surface area contributed by atoms with Crippen molar-refractivity contribution in [2.24, 2.45) is 0 Å². The Kier molecular flexibility index (Phi) is 3.70. The topological polar surface area (TPSA) is 69.0 Å². The maximum Gasteiger partial charge on any atom is 0.231 e. The summed E-state index contributed by atoms with van der Waals surface area (Å²) in [5.41, 5.74) is 1.89. The highest BCUT2D eigenvalue weighted by atomic mass is 16.5. The molecule has 1 amide bonds. The second kappa shape index (κ2) is 6.16. The zero-order chi connectivity index (χ0) is 16.4. The fourth-order valence-electron chi connectivity index (χ4n) is 2.85. The van der Waals surface area contributed by atoms with Crippen LogP contribution >= 0.6 is 0 Å². The van der Waals surface area contributed by atoms with Gasteiger partial charge < -0.3 is 10.1 Å². The molecule has 1 N–H and O–H groups in total. The number of amides is 1. The van der Waals surface area contributed by atoms with Gasteiger partial charge in [-0.1, -0.05) is 36.4 Å². The van der Waals surface area contributed by atoms with E-state index in [2.05, 4.69) is 15.5 Å². The summed E-state index contributed by atoms with van der Waals surface area (Å²) in [6.45, 7) is 0.683. The Morgan fingerprint density at radius 2 is 1.96 bits per heavy atom. The van der Waals surface area contributed by atoms with Gasteiger partial charge in [-0.05, 0) is 18.2 Å². The van der Waals surface area contributed by atoms with Gasteiger partial charge in [-0.15, -0.1) is 10.2 Å². The average molecular weight is 320 g/mol. The molecule has 0 saturated heterocycles. The van der Waals surface area contributed by atoms with E-state index in [1.165, 1.54) is 0 Å². The van der Waals surface area contributed by atoms with E-state index in [0.717, 1.165) is 17.0 Å². The third-order valence-electron chi connectivity index (χ3n) is 4.09. The maximum absolute atomic E-state index is 12.5. The maximum atomic E-state index is 12.5. The van der Waals surface area contributed by atoms with Crippen molar-refractivity contribution in [3.05, 3.63) is 72.3 Å². The SMILES string of the molecule is O=C(NCc1nncn1-c1ccccc1)C1COc2ccccc21. The number of nitrogens with zero attached hydrogens (tertiary/aromatic N) is 3. The van der Waals surface area contributed by atoms with Gasteiger partial charge in [-0.2, -0.15) is 0 Å². The lowest BCUT2D eigenvalue weighted by Crippen LogP contribution is -2.30. The summed E-state index contributed by atoms with van der Waals surface area (Å²) < 4.78 is 7.43. The lowest BCUT2D eigenvalue weighted by Gasteiger charge is -2.11. The van der Waals surface area contributed by atoms with Crippen LogP contribution in [-0.2, 0) is 11.3 Å². The summed E-state index contributed by atoms with van der Waals surface area (Å²) in [5.74, 6) is 1.11. The van der Waals surface area contributed by atoms with Crippen LogP contribution in [-0.4, -0.2) is 27.3 Å². The van der Waals surface area contributed by atoms with Crippen LogP contribution in [0.2, 0.25) is 0 Å². The monoisotopic (exact) mass is 320 g/mol.